The van der Waals surface area contributed by atoms with Crippen molar-refractivity contribution in [2.75, 3.05) is 19.5 Å². The molecule has 5 rings (SSSR count). The van der Waals surface area contributed by atoms with Crippen LogP contribution in [0, 0.1) is 13.8 Å². The molecule has 3 aromatic carbocycles. The van der Waals surface area contributed by atoms with Crippen LogP contribution in [0.25, 0.3) is 21.7 Å². The van der Waals surface area contributed by atoms with Crippen LogP contribution in [0.5, 0.6) is 23.0 Å². The number of aromatic nitrogens is 2. The van der Waals surface area contributed by atoms with Gasteiger partial charge >= 0.3 is 0 Å². The first kappa shape index (κ1) is 22.6. The van der Waals surface area contributed by atoms with Gasteiger partial charge in [0.25, 0.3) is 5.91 Å². The van der Waals surface area contributed by atoms with Crippen LogP contribution >= 0.6 is 11.3 Å². The van der Waals surface area contributed by atoms with Gasteiger partial charge in [0.1, 0.15) is 16.4 Å². The van der Waals surface area contributed by atoms with E-state index in [0.29, 0.717) is 27.9 Å². The minimum Gasteiger partial charge on any atom is -0.493 e. The summed E-state index contributed by atoms with van der Waals surface area (Å²) in [6, 6.07) is 17.1. The van der Waals surface area contributed by atoms with Crippen LogP contribution in [0.2, 0.25) is 0 Å². The van der Waals surface area contributed by atoms with Crippen molar-refractivity contribution < 1.29 is 19.0 Å². The van der Waals surface area contributed by atoms with Gasteiger partial charge in [0, 0.05) is 23.3 Å². The first-order valence-corrected chi connectivity index (χ1v) is 11.7. The van der Waals surface area contributed by atoms with Gasteiger partial charge in [0.2, 0.25) is 0 Å². The molecular weight excluding hydrogens is 462 g/mol. The SMILES string of the molecule is COc1cc2nccc(Oc3ccc4cc(NC(=O)c5sc(C)nc5C)ccc4c3)c2cc1OC. The highest BCUT2D eigenvalue weighted by Crippen LogP contribution is 2.37. The number of thiazole rings is 1. The van der Waals surface area contributed by atoms with E-state index >= 15 is 0 Å². The molecule has 35 heavy (non-hydrogen) atoms. The number of methoxy groups -OCH3 is 2. The van der Waals surface area contributed by atoms with Gasteiger partial charge in [0.15, 0.2) is 11.5 Å². The summed E-state index contributed by atoms with van der Waals surface area (Å²) in [4.78, 5) is 22.0. The summed E-state index contributed by atoms with van der Waals surface area (Å²) in [6.07, 6.45) is 1.70. The fraction of sp³-hybridized carbons (Fsp3) is 0.148. The topological polar surface area (TPSA) is 82.6 Å². The zero-order valence-electron chi connectivity index (χ0n) is 19.7. The van der Waals surface area contributed by atoms with Crippen LogP contribution in [0.3, 0.4) is 0 Å². The number of hydrogen-bond donors (Lipinski definition) is 1. The van der Waals surface area contributed by atoms with Crippen molar-refractivity contribution in [3.63, 3.8) is 0 Å². The van der Waals surface area contributed by atoms with Crippen molar-refractivity contribution in [2.45, 2.75) is 13.8 Å². The number of rotatable bonds is 6. The predicted molar refractivity (Wildman–Crippen MR) is 138 cm³/mol. The van der Waals surface area contributed by atoms with Gasteiger partial charge in [-0.3, -0.25) is 9.78 Å². The molecule has 1 N–H and O–H groups in total. The fourth-order valence-corrected chi connectivity index (χ4v) is 4.77. The first-order chi connectivity index (χ1) is 16.9. The molecule has 0 bridgehead atoms. The lowest BCUT2D eigenvalue weighted by Crippen LogP contribution is -2.11. The monoisotopic (exact) mass is 485 g/mol. The second kappa shape index (κ2) is 9.23. The maximum Gasteiger partial charge on any atom is 0.267 e. The highest BCUT2D eigenvalue weighted by atomic mass is 32.1. The van der Waals surface area contributed by atoms with Crippen LogP contribution in [-0.2, 0) is 0 Å². The fourth-order valence-electron chi connectivity index (χ4n) is 3.96. The number of amides is 1. The van der Waals surface area contributed by atoms with E-state index in [9.17, 15) is 4.79 Å². The molecule has 0 atom stereocenters. The predicted octanol–water partition coefficient (Wildman–Crippen LogP) is 6.52. The van der Waals surface area contributed by atoms with Crippen LogP contribution < -0.4 is 19.5 Å². The van der Waals surface area contributed by atoms with E-state index < -0.39 is 0 Å². The van der Waals surface area contributed by atoms with Crippen LogP contribution in [0.4, 0.5) is 5.69 Å². The van der Waals surface area contributed by atoms with Gasteiger partial charge < -0.3 is 19.5 Å². The average molecular weight is 486 g/mol. The summed E-state index contributed by atoms with van der Waals surface area (Å²) < 4.78 is 17.1. The standard InChI is InChI=1S/C27H23N3O4S/c1-15-26(35-16(2)29-15)27(31)30-19-7-5-18-12-20(8-6-17(18)11-19)34-23-9-10-28-22-14-25(33-4)24(32-3)13-21(22)23/h5-14H,1-4H3,(H,30,31). The Hall–Kier alpha value is -4.17. The van der Waals surface area contributed by atoms with Crippen molar-refractivity contribution in [2.24, 2.45) is 0 Å². The van der Waals surface area contributed by atoms with Gasteiger partial charge in [0.05, 0.1) is 30.4 Å². The number of ether oxygens (including phenoxy) is 3. The average Bonchev–Trinajstić information content (AvgIpc) is 3.21. The lowest BCUT2D eigenvalue weighted by Gasteiger charge is -2.13. The van der Waals surface area contributed by atoms with E-state index in [2.05, 4.69) is 15.3 Å². The maximum absolute atomic E-state index is 12.7. The van der Waals surface area contributed by atoms with Gasteiger partial charge in [-0.1, -0.05) is 12.1 Å². The Morgan fingerprint density at radius 2 is 1.63 bits per heavy atom. The summed E-state index contributed by atoms with van der Waals surface area (Å²) in [6.45, 7) is 3.74. The number of carbonyl (C=O) groups is 1. The Morgan fingerprint density at radius 1 is 0.886 bits per heavy atom. The second-order valence-corrected chi connectivity index (χ2v) is 9.16. The quantitative estimate of drug-likeness (QED) is 0.295. The lowest BCUT2D eigenvalue weighted by atomic mass is 10.1. The number of nitrogens with one attached hydrogen (secondary N) is 1. The Kier molecular flexibility index (Phi) is 5.96. The molecule has 0 aliphatic heterocycles. The highest BCUT2D eigenvalue weighted by molar-refractivity contribution is 7.13. The smallest absolute Gasteiger partial charge is 0.267 e. The van der Waals surface area contributed by atoms with Crippen molar-refractivity contribution in [3.8, 4) is 23.0 Å². The zero-order chi connectivity index (χ0) is 24.5. The van der Waals surface area contributed by atoms with E-state index in [-0.39, 0.29) is 5.91 Å². The molecule has 0 aliphatic carbocycles. The molecule has 0 saturated carbocycles. The van der Waals surface area contributed by atoms with Crippen LogP contribution in [0.1, 0.15) is 20.4 Å². The summed E-state index contributed by atoms with van der Waals surface area (Å²) >= 11 is 1.39. The van der Waals surface area contributed by atoms with E-state index in [1.54, 1.807) is 20.4 Å². The van der Waals surface area contributed by atoms with E-state index in [4.69, 9.17) is 14.2 Å². The van der Waals surface area contributed by atoms with Crippen molar-refractivity contribution in [1.29, 1.82) is 0 Å². The highest BCUT2D eigenvalue weighted by Gasteiger charge is 2.15. The molecule has 2 heterocycles. The molecule has 0 fully saturated rings. The maximum atomic E-state index is 12.7. The third-order valence-electron chi connectivity index (χ3n) is 5.61. The van der Waals surface area contributed by atoms with Gasteiger partial charge in [-0.2, -0.15) is 0 Å². The van der Waals surface area contributed by atoms with Crippen molar-refractivity contribution in [3.05, 3.63) is 76.4 Å². The number of carbonyl (C=O) groups excluding carboxylic acids is 1. The summed E-state index contributed by atoms with van der Waals surface area (Å²) in [5.74, 6) is 2.42. The van der Waals surface area contributed by atoms with Gasteiger partial charge in [-0.15, -0.1) is 11.3 Å². The molecule has 0 aliphatic rings. The largest absolute Gasteiger partial charge is 0.493 e. The Bertz CT molecular complexity index is 1580. The zero-order valence-corrected chi connectivity index (χ0v) is 20.5. The molecule has 1 amide bonds. The summed E-state index contributed by atoms with van der Waals surface area (Å²) in [7, 11) is 3.19. The first-order valence-electron chi connectivity index (χ1n) is 10.9. The Balaban J connectivity index is 1.41. The number of benzene rings is 3. The van der Waals surface area contributed by atoms with Crippen LogP contribution in [-0.4, -0.2) is 30.1 Å². The minimum atomic E-state index is -0.149. The second-order valence-electron chi connectivity index (χ2n) is 7.96. The molecule has 0 saturated heterocycles. The van der Waals surface area contributed by atoms with E-state index in [0.717, 1.165) is 38.1 Å². The van der Waals surface area contributed by atoms with Crippen molar-refractivity contribution in [1.82, 2.24) is 9.97 Å². The number of fused-ring (bicyclic) bond motifs is 2. The lowest BCUT2D eigenvalue weighted by molar-refractivity contribution is 0.103. The van der Waals surface area contributed by atoms with Crippen molar-refractivity contribution >= 4 is 44.6 Å². The normalized spacial score (nSPS) is 11.0. The molecule has 7 nitrogen and oxygen atoms in total. The molecule has 5 aromatic rings. The number of hydrogen-bond acceptors (Lipinski definition) is 7. The van der Waals surface area contributed by atoms with Gasteiger partial charge in [-0.25, -0.2) is 4.98 Å². The van der Waals surface area contributed by atoms with E-state index in [1.165, 1.54) is 11.3 Å². The molecule has 8 heteroatoms. The number of pyridine rings is 1. The molecule has 0 radical (unpaired) electrons. The number of nitrogens with zero attached hydrogens (tertiary/aromatic N) is 2. The van der Waals surface area contributed by atoms with Crippen LogP contribution in [0.15, 0.2) is 60.8 Å². The third kappa shape index (κ3) is 4.48. The Morgan fingerprint density at radius 3 is 2.37 bits per heavy atom. The number of anilines is 1. The Labute approximate surface area is 206 Å². The van der Waals surface area contributed by atoms with E-state index in [1.807, 2.05) is 68.4 Å². The molecule has 0 spiro atoms. The van der Waals surface area contributed by atoms with Gasteiger partial charge in [-0.05, 0) is 61.0 Å². The summed E-state index contributed by atoms with van der Waals surface area (Å²) in [5.41, 5.74) is 2.21. The molecular formula is C27H23N3O4S. The summed E-state index contributed by atoms with van der Waals surface area (Å²) in [5, 5.41) is 6.63. The molecule has 0 unspecified atom stereocenters. The minimum absolute atomic E-state index is 0.149. The molecule has 2 aromatic heterocycles. The third-order valence-corrected chi connectivity index (χ3v) is 6.69. The molecule has 176 valence electrons. The number of aryl methyl sites for hydroxylation is 2.